The number of non-ortho nitro benzene ring substituents is 1. The van der Waals surface area contributed by atoms with E-state index in [9.17, 15) is 14.9 Å². The van der Waals surface area contributed by atoms with Gasteiger partial charge in [0.15, 0.2) is 0 Å². The highest BCUT2D eigenvalue weighted by atomic mass is 16.6. The number of benzene rings is 1. The Balaban J connectivity index is 2.95. The molecule has 1 rings (SSSR count). The van der Waals surface area contributed by atoms with E-state index in [0.29, 0.717) is 12.2 Å². The van der Waals surface area contributed by atoms with Crippen LogP contribution in [0.3, 0.4) is 0 Å². The molecule has 0 aliphatic rings. The van der Waals surface area contributed by atoms with E-state index in [4.69, 9.17) is 4.84 Å². The molecule has 0 saturated heterocycles. The number of nitrogens with one attached hydrogen (secondary N) is 1. The first-order chi connectivity index (χ1) is 7.54. The van der Waals surface area contributed by atoms with Gasteiger partial charge >= 0.3 is 0 Å². The number of nitro groups is 1. The molecule has 0 aliphatic carbocycles. The standard InChI is InChI=1S/C10H12N2O4/c1-3-16-11-10(13)8-4-7(2)5-9(6-8)12(14)15/h4-6H,3H2,1-2H3,(H,11,13). The van der Waals surface area contributed by atoms with Crippen molar-refractivity contribution in [3.63, 3.8) is 0 Å². The van der Waals surface area contributed by atoms with Crippen LogP contribution in [0.4, 0.5) is 5.69 Å². The highest BCUT2D eigenvalue weighted by Gasteiger charge is 2.12. The Morgan fingerprint density at radius 1 is 1.50 bits per heavy atom. The summed E-state index contributed by atoms with van der Waals surface area (Å²) in [7, 11) is 0. The second kappa shape index (κ2) is 5.22. The molecule has 86 valence electrons. The van der Waals surface area contributed by atoms with Crippen molar-refractivity contribution in [2.75, 3.05) is 6.61 Å². The van der Waals surface area contributed by atoms with Crippen LogP contribution in [0.5, 0.6) is 0 Å². The fourth-order valence-electron chi connectivity index (χ4n) is 1.20. The number of nitro benzene ring substituents is 1. The molecule has 6 heteroatoms. The lowest BCUT2D eigenvalue weighted by Crippen LogP contribution is -2.23. The summed E-state index contributed by atoms with van der Waals surface area (Å²) in [6.45, 7) is 3.74. The quantitative estimate of drug-likeness (QED) is 0.621. The second-order valence-corrected chi connectivity index (χ2v) is 3.18. The van der Waals surface area contributed by atoms with Crippen LogP contribution in [0.2, 0.25) is 0 Å². The topological polar surface area (TPSA) is 81.5 Å². The Bertz CT molecular complexity index is 417. The predicted molar refractivity (Wildman–Crippen MR) is 56.9 cm³/mol. The average Bonchev–Trinajstić information content (AvgIpc) is 2.24. The molecule has 0 heterocycles. The van der Waals surface area contributed by atoms with Gasteiger partial charge in [-0.3, -0.25) is 19.7 Å². The van der Waals surface area contributed by atoms with Crippen molar-refractivity contribution in [3.05, 3.63) is 39.4 Å². The Kier molecular flexibility index (Phi) is 3.96. The van der Waals surface area contributed by atoms with Crippen molar-refractivity contribution < 1.29 is 14.6 Å². The van der Waals surface area contributed by atoms with Gasteiger partial charge < -0.3 is 0 Å². The fourth-order valence-corrected chi connectivity index (χ4v) is 1.20. The molecule has 0 bridgehead atoms. The molecule has 0 fully saturated rings. The number of hydrogen-bond acceptors (Lipinski definition) is 4. The lowest BCUT2D eigenvalue weighted by molar-refractivity contribution is -0.384. The van der Waals surface area contributed by atoms with Gasteiger partial charge in [0, 0.05) is 17.7 Å². The van der Waals surface area contributed by atoms with Crippen molar-refractivity contribution in [2.45, 2.75) is 13.8 Å². The van der Waals surface area contributed by atoms with Crippen LogP contribution in [0, 0.1) is 17.0 Å². The third-order valence-electron chi connectivity index (χ3n) is 1.84. The molecule has 0 atom stereocenters. The number of hydrogen-bond donors (Lipinski definition) is 1. The molecule has 1 amide bonds. The molecular weight excluding hydrogens is 212 g/mol. The Hall–Kier alpha value is -1.95. The third-order valence-corrected chi connectivity index (χ3v) is 1.84. The highest BCUT2D eigenvalue weighted by molar-refractivity contribution is 5.94. The minimum atomic E-state index is -0.537. The van der Waals surface area contributed by atoms with E-state index in [1.807, 2.05) is 0 Å². The minimum Gasteiger partial charge on any atom is -0.274 e. The number of rotatable bonds is 4. The monoisotopic (exact) mass is 224 g/mol. The van der Waals surface area contributed by atoms with Gasteiger partial charge in [-0.25, -0.2) is 5.48 Å². The van der Waals surface area contributed by atoms with Crippen LogP contribution < -0.4 is 5.48 Å². The molecule has 1 aromatic carbocycles. The number of amides is 1. The summed E-state index contributed by atoms with van der Waals surface area (Å²) < 4.78 is 0. The molecule has 0 aromatic heterocycles. The molecule has 6 nitrogen and oxygen atoms in total. The number of carbonyl (C=O) groups is 1. The number of hydroxylamine groups is 1. The van der Waals surface area contributed by atoms with Gasteiger partial charge in [0.2, 0.25) is 0 Å². The number of carbonyl (C=O) groups excluding carboxylic acids is 1. The summed E-state index contributed by atoms with van der Waals surface area (Å²) in [5, 5.41) is 10.6. The van der Waals surface area contributed by atoms with E-state index in [2.05, 4.69) is 5.48 Å². The average molecular weight is 224 g/mol. The normalized spacial score (nSPS) is 9.88. The maximum atomic E-state index is 11.5. The first kappa shape index (κ1) is 12.1. The van der Waals surface area contributed by atoms with E-state index < -0.39 is 10.8 Å². The molecule has 0 radical (unpaired) electrons. The summed E-state index contributed by atoms with van der Waals surface area (Å²) in [6.07, 6.45) is 0. The molecular formula is C10H12N2O4. The molecule has 0 saturated carbocycles. The van der Waals surface area contributed by atoms with Crippen molar-refractivity contribution in [3.8, 4) is 0 Å². The van der Waals surface area contributed by atoms with Crippen LogP contribution >= 0.6 is 0 Å². The van der Waals surface area contributed by atoms with Gasteiger partial charge in [-0.1, -0.05) is 0 Å². The molecule has 1 aromatic rings. The van der Waals surface area contributed by atoms with Gasteiger partial charge in [-0.05, 0) is 25.5 Å². The van der Waals surface area contributed by atoms with Gasteiger partial charge in [0.25, 0.3) is 11.6 Å². The zero-order valence-corrected chi connectivity index (χ0v) is 9.02. The van der Waals surface area contributed by atoms with Crippen molar-refractivity contribution in [1.82, 2.24) is 5.48 Å². The molecule has 0 spiro atoms. The van der Waals surface area contributed by atoms with Crippen molar-refractivity contribution in [1.29, 1.82) is 0 Å². The SMILES string of the molecule is CCONC(=O)c1cc(C)cc([N+](=O)[O-])c1. The van der Waals surface area contributed by atoms with Crippen LogP contribution in [-0.4, -0.2) is 17.4 Å². The summed E-state index contributed by atoms with van der Waals surface area (Å²) in [5.74, 6) is -0.492. The van der Waals surface area contributed by atoms with E-state index in [1.165, 1.54) is 12.1 Å². The molecule has 0 aliphatic heterocycles. The largest absolute Gasteiger partial charge is 0.275 e. The summed E-state index contributed by atoms with van der Waals surface area (Å²) in [4.78, 5) is 26.2. The predicted octanol–water partition coefficient (Wildman–Crippen LogP) is 1.58. The van der Waals surface area contributed by atoms with E-state index in [0.717, 1.165) is 0 Å². The first-order valence-electron chi connectivity index (χ1n) is 4.72. The van der Waals surface area contributed by atoms with Gasteiger partial charge in [-0.2, -0.15) is 0 Å². The smallest absolute Gasteiger partial charge is 0.274 e. The maximum absolute atomic E-state index is 11.5. The van der Waals surface area contributed by atoms with Gasteiger partial charge in [-0.15, -0.1) is 0 Å². The minimum absolute atomic E-state index is 0.110. The zero-order valence-electron chi connectivity index (χ0n) is 9.02. The van der Waals surface area contributed by atoms with Crippen LogP contribution in [0.15, 0.2) is 18.2 Å². The highest BCUT2D eigenvalue weighted by Crippen LogP contribution is 2.16. The fraction of sp³-hybridized carbons (Fsp3) is 0.300. The number of nitrogens with zero attached hydrogens (tertiary/aromatic N) is 1. The molecule has 1 N–H and O–H groups in total. The van der Waals surface area contributed by atoms with Crippen LogP contribution in [-0.2, 0) is 4.84 Å². The first-order valence-corrected chi connectivity index (χ1v) is 4.72. The maximum Gasteiger partial charge on any atom is 0.275 e. The Morgan fingerprint density at radius 2 is 2.19 bits per heavy atom. The third kappa shape index (κ3) is 3.03. The number of aryl methyl sites for hydroxylation is 1. The summed E-state index contributed by atoms with van der Waals surface area (Å²) >= 11 is 0. The Labute approximate surface area is 92.3 Å². The lowest BCUT2D eigenvalue weighted by atomic mass is 10.1. The molecule has 0 unspecified atom stereocenters. The van der Waals surface area contributed by atoms with E-state index in [-0.39, 0.29) is 11.3 Å². The van der Waals surface area contributed by atoms with Gasteiger partial charge in [0.1, 0.15) is 0 Å². The zero-order chi connectivity index (χ0) is 12.1. The van der Waals surface area contributed by atoms with Crippen LogP contribution in [0.1, 0.15) is 22.8 Å². The second-order valence-electron chi connectivity index (χ2n) is 3.18. The van der Waals surface area contributed by atoms with Crippen molar-refractivity contribution >= 4 is 11.6 Å². The van der Waals surface area contributed by atoms with Crippen molar-refractivity contribution in [2.24, 2.45) is 0 Å². The Morgan fingerprint density at radius 3 is 2.75 bits per heavy atom. The summed E-state index contributed by atoms with van der Waals surface area (Å²) in [5.41, 5.74) is 2.93. The van der Waals surface area contributed by atoms with E-state index >= 15 is 0 Å². The van der Waals surface area contributed by atoms with Crippen LogP contribution in [0.25, 0.3) is 0 Å². The van der Waals surface area contributed by atoms with E-state index in [1.54, 1.807) is 19.9 Å². The van der Waals surface area contributed by atoms with Gasteiger partial charge in [0.05, 0.1) is 11.5 Å². The lowest BCUT2D eigenvalue weighted by Gasteiger charge is -2.04. The summed E-state index contributed by atoms with van der Waals surface area (Å²) in [6, 6.07) is 4.17. The molecule has 16 heavy (non-hydrogen) atoms.